The van der Waals surface area contributed by atoms with E-state index in [4.69, 9.17) is 18.7 Å². The molecule has 1 atom stereocenters. The minimum Gasteiger partial charge on any atom is 0 e. The molecule has 0 radical (unpaired) electrons. The van der Waals surface area contributed by atoms with Gasteiger partial charge in [0.2, 0.25) is 0 Å². The normalized spacial score (nSPS) is 9.59. The van der Waals surface area contributed by atoms with Crippen LogP contribution in [0.2, 0.25) is 0 Å². The van der Waals surface area contributed by atoms with Gasteiger partial charge >= 0.3 is 33.9 Å². The first kappa shape index (κ1) is 28.9. The standard InChI is InChI=1S/C14H22O.3CO.Cr/c1-11(10-14(2,3)4)12-8-6-7-9-13(12)15-5;3*1-2;/h6-9,11H,10H2,1-5H3;;;;/t11-;;;;/m1..../s1. The van der Waals surface area contributed by atoms with Crippen molar-refractivity contribution >= 4 is 0 Å². The molecule has 0 N–H and O–H groups in total. The van der Waals surface area contributed by atoms with Crippen molar-refractivity contribution < 1.29 is 36.1 Å². The van der Waals surface area contributed by atoms with Crippen LogP contribution >= 0.6 is 0 Å². The van der Waals surface area contributed by atoms with Crippen molar-refractivity contribution in [1.29, 1.82) is 0 Å². The van der Waals surface area contributed by atoms with Crippen LogP contribution in [0.5, 0.6) is 5.75 Å². The van der Waals surface area contributed by atoms with Gasteiger partial charge < -0.3 is 4.74 Å². The summed E-state index contributed by atoms with van der Waals surface area (Å²) in [7, 11) is 1.74. The number of rotatable bonds is 3. The Morgan fingerprint density at radius 3 is 1.77 bits per heavy atom. The molecule has 0 bridgehead atoms. The molecule has 0 fully saturated rings. The summed E-state index contributed by atoms with van der Waals surface area (Å²) in [5, 5.41) is 0. The van der Waals surface area contributed by atoms with Crippen molar-refractivity contribution in [2.75, 3.05) is 7.11 Å². The largest absolute Gasteiger partial charge is 0 e. The zero-order valence-electron chi connectivity index (χ0n) is 13.6. The molecule has 120 valence electrons. The van der Waals surface area contributed by atoms with E-state index in [2.05, 4.69) is 59.8 Å². The predicted molar refractivity (Wildman–Crippen MR) is 77.3 cm³/mol. The molecule has 0 heterocycles. The van der Waals surface area contributed by atoms with Crippen molar-refractivity contribution in [3.63, 3.8) is 0 Å². The average molecular weight is 342 g/mol. The van der Waals surface area contributed by atoms with Crippen LogP contribution in [0.25, 0.3) is 0 Å². The molecule has 1 rings (SSSR count). The topological polar surface area (TPSA) is 68.9 Å². The molecule has 0 aliphatic carbocycles. The summed E-state index contributed by atoms with van der Waals surface area (Å²) in [6.45, 7) is 22.6. The van der Waals surface area contributed by atoms with Gasteiger partial charge in [0, 0.05) is 17.4 Å². The van der Waals surface area contributed by atoms with Crippen molar-refractivity contribution in [2.24, 2.45) is 5.41 Å². The second kappa shape index (κ2) is 17.8. The molecule has 0 amide bonds. The molecule has 0 aliphatic rings. The number of hydrogen-bond donors (Lipinski definition) is 0. The van der Waals surface area contributed by atoms with Crippen LogP contribution in [0, 0.1) is 25.4 Å². The maximum absolute atomic E-state index is 7.50. The van der Waals surface area contributed by atoms with Gasteiger partial charge in [-0.15, -0.1) is 0 Å². The van der Waals surface area contributed by atoms with E-state index in [1.807, 2.05) is 12.1 Å². The van der Waals surface area contributed by atoms with Crippen LogP contribution in [-0.2, 0) is 31.3 Å². The fourth-order valence-corrected chi connectivity index (χ4v) is 2.10. The Morgan fingerprint density at radius 2 is 1.41 bits per heavy atom. The Kier molecular flexibility index (Phi) is 23.4. The molecule has 0 aromatic heterocycles. The van der Waals surface area contributed by atoms with E-state index >= 15 is 0 Å². The first-order valence-corrected chi connectivity index (χ1v) is 6.18. The van der Waals surface area contributed by atoms with Crippen LogP contribution < -0.4 is 4.74 Å². The van der Waals surface area contributed by atoms with E-state index in [0.717, 1.165) is 5.75 Å². The molecule has 22 heavy (non-hydrogen) atoms. The maximum atomic E-state index is 7.50. The second-order valence-corrected chi connectivity index (χ2v) is 5.41. The first-order valence-electron chi connectivity index (χ1n) is 6.18. The van der Waals surface area contributed by atoms with Crippen LogP contribution in [0.4, 0.5) is 0 Å². The first-order chi connectivity index (χ1) is 9.94. The zero-order valence-corrected chi connectivity index (χ0v) is 14.9. The van der Waals surface area contributed by atoms with E-state index in [0.29, 0.717) is 11.3 Å². The van der Waals surface area contributed by atoms with E-state index < -0.39 is 0 Å². The Balaban J connectivity index is -0.000000206. The minimum absolute atomic E-state index is 0. The summed E-state index contributed by atoms with van der Waals surface area (Å²) in [5.74, 6) is 1.55. The van der Waals surface area contributed by atoms with Gasteiger partial charge in [-0.1, -0.05) is 45.9 Å². The fourth-order valence-electron chi connectivity index (χ4n) is 2.10. The number of ether oxygens (including phenoxy) is 1. The van der Waals surface area contributed by atoms with Crippen LogP contribution in [0.1, 0.15) is 45.6 Å². The van der Waals surface area contributed by atoms with E-state index in [9.17, 15) is 0 Å². The second-order valence-electron chi connectivity index (χ2n) is 5.41. The Hall–Kier alpha value is -1.23. The monoisotopic (exact) mass is 342 g/mol. The van der Waals surface area contributed by atoms with Gasteiger partial charge in [0.25, 0.3) is 0 Å². The number of benzene rings is 1. The summed E-state index contributed by atoms with van der Waals surface area (Å²) in [6.07, 6.45) is 1.17. The number of methoxy groups -OCH3 is 1. The van der Waals surface area contributed by atoms with Gasteiger partial charge in [0.15, 0.2) is 0 Å². The molecule has 1 aromatic rings. The van der Waals surface area contributed by atoms with Crippen molar-refractivity contribution in [2.45, 2.75) is 40.0 Å². The van der Waals surface area contributed by atoms with Gasteiger partial charge in [-0.3, -0.25) is 0 Å². The van der Waals surface area contributed by atoms with E-state index in [1.54, 1.807) is 7.11 Å². The van der Waals surface area contributed by atoms with Crippen molar-refractivity contribution in [3.05, 3.63) is 49.8 Å². The summed E-state index contributed by atoms with van der Waals surface area (Å²) < 4.78 is 27.9. The van der Waals surface area contributed by atoms with Crippen molar-refractivity contribution in [3.8, 4) is 5.75 Å². The van der Waals surface area contributed by atoms with Crippen LogP contribution in [0.15, 0.2) is 24.3 Å². The van der Waals surface area contributed by atoms with Crippen LogP contribution in [-0.4, -0.2) is 7.11 Å². The SMILES string of the molecule is COc1ccccc1[C@H](C)CC(C)(C)C.[C-]#[O+].[C-]#[O+].[C-]#[O+].[Cr]. The van der Waals surface area contributed by atoms with Crippen LogP contribution in [0.3, 0.4) is 0 Å². The Morgan fingerprint density at radius 1 is 1.00 bits per heavy atom. The Bertz CT molecular complexity index is 416. The summed E-state index contributed by atoms with van der Waals surface area (Å²) in [6, 6.07) is 8.30. The fraction of sp³-hybridized carbons (Fsp3) is 0.471. The molecule has 0 aliphatic heterocycles. The molecule has 5 heteroatoms. The molecular formula is C17H22CrO4. The molecule has 1 aromatic carbocycles. The van der Waals surface area contributed by atoms with Gasteiger partial charge in [-0.25, -0.2) is 0 Å². The van der Waals surface area contributed by atoms with Gasteiger partial charge in [-0.2, -0.15) is 0 Å². The smallest absolute Gasteiger partial charge is 0 e. The molecular weight excluding hydrogens is 320 g/mol. The van der Waals surface area contributed by atoms with Gasteiger partial charge in [0.05, 0.1) is 7.11 Å². The maximum Gasteiger partial charge on any atom is 0 e. The zero-order chi connectivity index (χ0) is 17.5. The minimum atomic E-state index is 0. The number of para-hydroxylation sites is 1. The van der Waals surface area contributed by atoms with Gasteiger partial charge in [-0.05, 0) is 29.4 Å². The molecule has 0 saturated carbocycles. The Labute approximate surface area is 144 Å². The van der Waals surface area contributed by atoms with Gasteiger partial charge in [0.1, 0.15) is 5.75 Å². The molecule has 0 saturated heterocycles. The third-order valence-electron chi connectivity index (χ3n) is 2.59. The molecule has 0 spiro atoms. The average Bonchev–Trinajstić information content (AvgIpc) is 2.51. The summed E-state index contributed by atoms with van der Waals surface area (Å²) in [4.78, 5) is 0. The van der Waals surface area contributed by atoms with E-state index in [1.165, 1.54) is 12.0 Å². The summed E-state index contributed by atoms with van der Waals surface area (Å²) in [5.41, 5.74) is 1.68. The third-order valence-corrected chi connectivity index (χ3v) is 2.59. The summed E-state index contributed by atoms with van der Waals surface area (Å²) >= 11 is 0. The third kappa shape index (κ3) is 13.7. The molecule has 4 nitrogen and oxygen atoms in total. The van der Waals surface area contributed by atoms with Crippen molar-refractivity contribution in [1.82, 2.24) is 0 Å². The quantitative estimate of drug-likeness (QED) is 0.602. The molecule has 0 unspecified atom stereocenters. The predicted octanol–water partition coefficient (Wildman–Crippen LogP) is 4.12. The number of hydrogen-bond acceptors (Lipinski definition) is 1. The van der Waals surface area contributed by atoms with E-state index in [-0.39, 0.29) is 17.4 Å².